The van der Waals surface area contributed by atoms with Crippen LogP contribution in [0.15, 0.2) is 22.8 Å². The van der Waals surface area contributed by atoms with Gasteiger partial charge in [0.05, 0.1) is 12.0 Å². The lowest BCUT2D eigenvalue weighted by Crippen LogP contribution is -2.24. The Balaban J connectivity index is 2.14. The largest absolute Gasteiger partial charge is 0.462 e. The zero-order valence-corrected chi connectivity index (χ0v) is 12.0. The molecule has 2 aromatic rings. The molecule has 0 aliphatic heterocycles. The molecule has 0 radical (unpaired) electrons. The van der Waals surface area contributed by atoms with Crippen LogP contribution in [-0.2, 0) is 13.0 Å². The first kappa shape index (κ1) is 13.3. The minimum atomic E-state index is 0.545. The first-order valence-corrected chi connectivity index (χ1v) is 7.32. The van der Waals surface area contributed by atoms with Crippen LogP contribution >= 0.6 is 11.3 Å². The first-order chi connectivity index (χ1) is 8.74. The van der Waals surface area contributed by atoms with Gasteiger partial charge in [-0.3, -0.25) is 0 Å². The Labute approximate surface area is 112 Å². The molecule has 0 amide bonds. The molecule has 0 saturated carbocycles. The highest BCUT2D eigenvalue weighted by Crippen LogP contribution is 2.28. The quantitative estimate of drug-likeness (QED) is 0.861. The third kappa shape index (κ3) is 3.00. The molecule has 18 heavy (non-hydrogen) atoms. The lowest BCUT2D eigenvalue weighted by atomic mass is 10.2. The van der Waals surface area contributed by atoms with Crippen molar-refractivity contribution in [2.24, 2.45) is 0 Å². The maximum Gasteiger partial charge on any atom is 0.162 e. The van der Waals surface area contributed by atoms with Crippen molar-refractivity contribution in [3.8, 4) is 10.8 Å². The molecule has 3 nitrogen and oxygen atoms in total. The first-order valence-electron chi connectivity index (χ1n) is 6.50. The summed E-state index contributed by atoms with van der Waals surface area (Å²) in [5.41, 5.74) is 1.18. The standard InChI is InChI=1S/C14H20N2OS/c1-4-10(3)15-9-13-11(5-2)16-14(18-13)12-7-6-8-17-12/h6-8,10,15H,4-5,9H2,1-3H3. The number of nitrogens with one attached hydrogen (secondary N) is 1. The molecule has 0 spiro atoms. The van der Waals surface area contributed by atoms with Crippen LogP contribution in [0.2, 0.25) is 0 Å². The van der Waals surface area contributed by atoms with Gasteiger partial charge in [-0.2, -0.15) is 0 Å². The van der Waals surface area contributed by atoms with E-state index in [9.17, 15) is 0 Å². The molecular formula is C14H20N2OS. The van der Waals surface area contributed by atoms with Gasteiger partial charge in [-0.15, -0.1) is 11.3 Å². The molecule has 1 unspecified atom stereocenters. The minimum absolute atomic E-state index is 0.545. The summed E-state index contributed by atoms with van der Waals surface area (Å²) in [5, 5.41) is 4.51. The van der Waals surface area contributed by atoms with E-state index in [4.69, 9.17) is 4.42 Å². The van der Waals surface area contributed by atoms with Gasteiger partial charge in [-0.25, -0.2) is 4.98 Å². The molecule has 1 N–H and O–H groups in total. The molecule has 0 saturated heterocycles. The van der Waals surface area contributed by atoms with E-state index in [1.807, 2.05) is 12.1 Å². The molecule has 2 heterocycles. The predicted octanol–water partition coefficient (Wildman–Crippen LogP) is 3.85. The van der Waals surface area contributed by atoms with Gasteiger partial charge in [0.15, 0.2) is 10.8 Å². The number of nitrogens with zero attached hydrogens (tertiary/aromatic N) is 1. The summed E-state index contributed by atoms with van der Waals surface area (Å²) in [7, 11) is 0. The highest BCUT2D eigenvalue weighted by molar-refractivity contribution is 7.15. The van der Waals surface area contributed by atoms with Gasteiger partial charge >= 0.3 is 0 Å². The number of hydrogen-bond acceptors (Lipinski definition) is 4. The molecule has 2 rings (SSSR count). The average Bonchev–Trinajstić information content (AvgIpc) is 3.03. The van der Waals surface area contributed by atoms with Crippen molar-refractivity contribution in [2.45, 2.75) is 46.2 Å². The van der Waals surface area contributed by atoms with Crippen LogP contribution in [0.25, 0.3) is 10.8 Å². The summed E-state index contributed by atoms with van der Waals surface area (Å²) >= 11 is 1.73. The van der Waals surface area contributed by atoms with Crippen LogP contribution < -0.4 is 5.32 Å². The van der Waals surface area contributed by atoms with Crippen LogP contribution in [0.5, 0.6) is 0 Å². The van der Waals surface area contributed by atoms with Crippen molar-refractivity contribution >= 4 is 11.3 Å². The summed E-state index contributed by atoms with van der Waals surface area (Å²) < 4.78 is 5.41. The third-order valence-electron chi connectivity index (χ3n) is 3.07. The minimum Gasteiger partial charge on any atom is -0.462 e. The monoisotopic (exact) mass is 264 g/mol. The van der Waals surface area contributed by atoms with Crippen molar-refractivity contribution in [1.82, 2.24) is 10.3 Å². The Hall–Kier alpha value is -1.13. The van der Waals surface area contributed by atoms with E-state index in [1.165, 1.54) is 10.6 Å². The van der Waals surface area contributed by atoms with Crippen molar-refractivity contribution in [3.05, 3.63) is 29.0 Å². The van der Waals surface area contributed by atoms with Gasteiger partial charge in [0.25, 0.3) is 0 Å². The fourth-order valence-electron chi connectivity index (χ4n) is 1.71. The average molecular weight is 264 g/mol. The van der Waals surface area contributed by atoms with E-state index in [-0.39, 0.29) is 0 Å². The van der Waals surface area contributed by atoms with Crippen LogP contribution in [0.3, 0.4) is 0 Å². The maximum absolute atomic E-state index is 5.41. The molecule has 0 aliphatic rings. The Morgan fingerprint density at radius 1 is 1.44 bits per heavy atom. The Morgan fingerprint density at radius 3 is 2.89 bits per heavy atom. The molecule has 1 atom stereocenters. The highest BCUT2D eigenvalue weighted by Gasteiger charge is 2.13. The van der Waals surface area contributed by atoms with Crippen LogP contribution in [0, 0.1) is 0 Å². The van der Waals surface area contributed by atoms with Crippen molar-refractivity contribution in [2.75, 3.05) is 0 Å². The summed E-state index contributed by atoms with van der Waals surface area (Å²) in [6.07, 6.45) is 3.81. The molecular weight excluding hydrogens is 244 g/mol. The molecule has 0 aliphatic carbocycles. The fourth-order valence-corrected chi connectivity index (χ4v) is 2.78. The van der Waals surface area contributed by atoms with E-state index in [0.717, 1.165) is 30.2 Å². The van der Waals surface area contributed by atoms with Crippen molar-refractivity contribution < 1.29 is 4.42 Å². The van der Waals surface area contributed by atoms with Gasteiger partial charge in [0.1, 0.15) is 0 Å². The highest BCUT2D eigenvalue weighted by atomic mass is 32.1. The SMILES string of the molecule is CCc1nc(-c2ccco2)sc1CNC(C)CC. The van der Waals surface area contributed by atoms with E-state index < -0.39 is 0 Å². The van der Waals surface area contributed by atoms with Crippen molar-refractivity contribution in [1.29, 1.82) is 0 Å². The fraction of sp³-hybridized carbons (Fsp3) is 0.500. The van der Waals surface area contributed by atoms with Gasteiger partial charge in [0, 0.05) is 17.5 Å². The van der Waals surface area contributed by atoms with E-state index >= 15 is 0 Å². The molecule has 2 aromatic heterocycles. The second kappa shape index (κ2) is 6.16. The zero-order chi connectivity index (χ0) is 13.0. The molecule has 0 aromatic carbocycles. The third-order valence-corrected chi connectivity index (χ3v) is 4.18. The zero-order valence-electron chi connectivity index (χ0n) is 11.2. The number of rotatable bonds is 6. The number of furan rings is 1. The van der Waals surface area contributed by atoms with Crippen LogP contribution in [0.4, 0.5) is 0 Å². The van der Waals surface area contributed by atoms with Crippen molar-refractivity contribution in [3.63, 3.8) is 0 Å². The summed E-state index contributed by atoms with van der Waals surface area (Å²) in [6.45, 7) is 7.45. The second-order valence-corrected chi connectivity index (χ2v) is 5.49. The molecule has 98 valence electrons. The number of hydrogen-bond donors (Lipinski definition) is 1. The normalized spacial score (nSPS) is 12.8. The maximum atomic E-state index is 5.41. The van der Waals surface area contributed by atoms with E-state index in [1.54, 1.807) is 17.6 Å². The second-order valence-electron chi connectivity index (χ2n) is 4.41. The summed E-state index contributed by atoms with van der Waals surface area (Å²) in [5.74, 6) is 0.865. The van der Waals surface area contributed by atoms with Gasteiger partial charge in [-0.1, -0.05) is 13.8 Å². The van der Waals surface area contributed by atoms with Crippen LogP contribution in [-0.4, -0.2) is 11.0 Å². The molecule has 4 heteroatoms. The molecule has 0 bridgehead atoms. The lowest BCUT2D eigenvalue weighted by Gasteiger charge is -2.10. The Morgan fingerprint density at radius 2 is 2.28 bits per heavy atom. The Bertz CT molecular complexity index is 476. The van der Waals surface area contributed by atoms with Gasteiger partial charge in [-0.05, 0) is 31.9 Å². The Kier molecular flexibility index (Phi) is 4.55. The topological polar surface area (TPSA) is 38.1 Å². The van der Waals surface area contributed by atoms with Gasteiger partial charge < -0.3 is 9.73 Å². The van der Waals surface area contributed by atoms with E-state index in [0.29, 0.717) is 6.04 Å². The van der Waals surface area contributed by atoms with E-state index in [2.05, 4.69) is 31.1 Å². The van der Waals surface area contributed by atoms with Crippen LogP contribution in [0.1, 0.15) is 37.8 Å². The number of aryl methyl sites for hydroxylation is 1. The van der Waals surface area contributed by atoms with Gasteiger partial charge in [0.2, 0.25) is 0 Å². The lowest BCUT2D eigenvalue weighted by molar-refractivity contribution is 0.535. The summed E-state index contributed by atoms with van der Waals surface area (Å²) in [6, 6.07) is 4.41. The predicted molar refractivity (Wildman–Crippen MR) is 75.8 cm³/mol. The summed E-state index contributed by atoms with van der Waals surface area (Å²) in [4.78, 5) is 5.98. The smallest absolute Gasteiger partial charge is 0.162 e. The molecule has 0 fully saturated rings. The number of thiazole rings is 1. The number of aromatic nitrogens is 1.